The van der Waals surface area contributed by atoms with Crippen molar-refractivity contribution < 1.29 is 48.0 Å². The summed E-state index contributed by atoms with van der Waals surface area (Å²) in [4.78, 5) is 47.8. The van der Waals surface area contributed by atoms with Gasteiger partial charge in [0.15, 0.2) is 0 Å². The van der Waals surface area contributed by atoms with E-state index in [1.165, 1.54) is 0 Å². The quantitative estimate of drug-likeness (QED) is 0.262. The van der Waals surface area contributed by atoms with Crippen LogP contribution in [-0.4, -0.2) is 64.9 Å². The molecule has 0 spiro atoms. The van der Waals surface area contributed by atoms with Crippen molar-refractivity contribution in [1.82, 2.24) is 10.2 Å². The van der Waals surface area contributed by atoms with Crippen molar-refractivity contribution in [3.63, 3.8) is 0 Å². The van der Waals surface area contributed by atoms with Gasteiger partial charge in [0.25, 0.3) is 11.7 Å². The van der Waals surface area contributed by atoms with Crippen LogP contribution >= 0.6 is 0 Å². The van der Waals surface area contributed by atoms with Crippen molar-refractivity contribution in [3.05, 3.63) is 35.4 Å². The average molecular weight is 545 g/mol. The highest BCUT2D eigenvalue weighted by molar-refractivity contribution is 5.97. The maximum absolute atomic E-state index is 13.4. The summed E-state index contributed by atoms with van der Waals surface area (Å²) in [6.07, 6.45) is -3.69. The van der Waals surface area contributed by atoms with Gasteiger partial charge in [-0.25, -0.2) is 0 Å². The summed E-state index contributed by atoms with van der Waals surface area (Å²) >= 11 is 0. The van der Waals surface area contributed by atoms with Gasteiger partial charge in [-0.2, -0.15) is 13.2 Å². The van der Waals surface area contributed by atoms with Crippen LogP contribution in [0.3, 0.4) is 0 Å². The normalized spacial score (nSPS) is 15.2. The van der Waals surface area contributed by atoms with Gasteiger partial charge in [-0.1, -0.05) is 13.8 Å². The maximum atomic E-state index is 13.4. The molecule has 1 saturated heterocycles. The van der Waals surface area contributed by atoms with Crippen LogP contribution in [0, 0.1) is 17.3 Å². The molecule has 1 atom stereocenters. The summed E-state index contributed by atoms with van der Waals surface area (Å²) in [6, 6.07) is 6.31. The number of carbonyl (C=O) groups is 4. The van der Waals surface area contributed by atoms with E-state index in [0.29, 0.717) is 37.1 Å². The molecule has 2 amide bonds. The van der Waals surface area contributed by atoms with Crippen molar-refractivity contribution in [2.75, 3.05) is 13.1 Å². The molecule has 10 nitrogen and oxygen atoms in total. The van der Waals surface area contributed by atoms with Crippen LogP contribution < -0.4 is 21.6 Å². The molecule has 1 aromatic carbocycles. The lowest BCUT2D eigenvalue weighted by molar-refractivity contribution is -0.344. The Morgan fingerprint density at radius 2 is 1.55 bits per heavy atom. The number of carbonyl (C=O) groups excluding carboxylic acids is 3. The predicted molar refractivity (Wildman–Crippen MR) is 129 cm³/mol. The van der Waals surface area contributed by atoms with Crippen molar-refractivity contribution in [2.24, 2.45) is 23.0 Å². The van der Waals surface area contributed by atoms with Gasteiger partial charge in [0.2, 0.25) is 5.91 Å². The van der Waals surface area contributed by atoms with Gasteiger partial charge in [0.1, 0.15) is 5.97 Å². The molecule has 0 aliphatic carbocycles. The number of aliphatic carboxylic acids is 2. The van der Waals surface area contributed by atoms with E-state index in [0.717, 1.165) is 0 Å². The molecule has 6 N–H and O–H groups in total. The molecule has 0 aromatic heterocycles. The molecule has 38 heavy (non-hydrogen) atoms. The van der Waals surface area contributed by atoms with Crippen molar-refractivity contribution in [1.29, 1.82) is 0 Å². The number of piperidine rings is 1. The zero-order chi connectivity index (χ0) is 29.4. The Bertz CT molecular complexity index is 1020. The Labute approximate surface area is 218 Å². The highest BCUT2D eigenvalue weighted by Crippen LogP contribution is 2.31. The van der Waals surface area contributed by atoms with Gasteiger partial charge in [-0.15, -0.1) is 0 Å². The van der Waals surface area contributed by atoms with E-state index in [9.17, 15) is 27.6 Å². The summed E-state index contributed by atoms with van der Waals surface area (Å²) in [6.45, 7) is 8.75. The third-order valence-electron chi connectivity index (χ3n) is 6.36. The number of rotatable bonds is 8. The van der Waals surface area contributed by atoms with Crippen molar-refractivity contribution >= 4 is 29.6 Å². The summed E-state index contributed by atoms with van der Waals surface area (Å²) in [5.74, 6) is -3.78. The number of likely N-dealkylation sites (tertiary alicyclic amines) is 1. The van der Waals surface area contributed by atoms with Gasteiger partial charge in [-0.05, 0) is 62.8 Å². The van der Waals surface area contributed by atoms with Gasteiger partial charge >= 0.3 is 12.1 Å². The van der Waals surface area contributed by atoms with Crippen LogP contribution in [0.2, 0.25) is 0 Å². The third kappa shape index (κ3) is 9.34. The molecule has 13 heteroatoms. The number of amides is 2. The monoisotopic (exact) mass is 544 g/mol. The van der Waals surface area contributed by atoms with E-state index in [1.807, 2.05) is 27.7 Å². The first-order chi connectivity index (χ1) is 17.4. The highest BCUT2D eigenvalue weighted by atomic mass is 19.4. The molecule has 212 valence electrons. The summed E-state index contributed by atoms with van der Waals surface area (Å²) in [5, 5.41) is 26.4. The number of carboxylic acid groups (broad SMARTS) is 2. The number of hydrogen-bond donors (Lipinski definition) is 4. The minimum Gasteiger partial charge on any atom is -0.542 e. The molecule has 1 fully saturated rings. The number of nitrogens with one attached hydrogen (secondary N) is 1. The van der Waals surface area contributed by atoms with Crippen LogP contribution in [0.1, 0.15) is 62.9 Å². The lowest BCUT2D eigenvalue weighted by Gasteiger charge is -2.42. The summed E-state index contributed by atoms with van der Waals surface area (Å²) in [5.41, 5.74) is 5.87. The second-order valence-electron chi connectivity index (χ2n) is 10.1. The number of alkyl halides is 3. The summed E-state index contributed by atoms with van der Waals surface area (Å²) < 4.78 is 31.5. The van der Waals surface area contributed by atoms with Crippen LogP contribution in [0.5, 0.6) is 0 Å². The minimum atomic E-state index is -5.19. The number of nitrogens with zero attached hydrogens (tertiary/aromatic N) is 1. The van der Waals surface area contributed by atoms with Crippen molar-refractivity contribution in [3.8, 4) is 0 Å². The van der Waals surface area contributed by atoms with Gasteiger partial charge in [-0.3, -0.25) is 25.5 Å². The zero-order valence-electron chi connectivity index (χ0n) is 21.8. The number of hydrogen-bond acceptors (Lipinski definition) is 5. The van der Waals surface area contributed by atoms with E-state index in [4.69, 9.17) is 26.2 Å². The number of carboxylic acids is 2. The largest absolute Gasteiger partial charge is 0.542 e. The Balaban J connectivity index is 0.000000905. The van der Waals surface area contributed by atoms with E-state index in [-0.39, 0.29) is 41.9 Å². The first kappa shape index (κ1) is 32.4. The number of halogens is 3. The fourth-order valence-electron chi connectivity index (χ4n) is 4.35. The zero-order valence-corrected chi connectivity index (χ0v) is 21.8. The van der Waals surface area contributed by atoms with Gasteiger partial charge in [0, 0.05) is 31.1 Å². The Morgan fingerprint density at radius 1 is 1.11 bits per heavy atom. The first-order valence-corrected chi connectivity index (χ1v) is 12.0. The van der Waals surface area contributed by atoms with Crippen molar-refractivity contribution in [2.45, 2.75) is 59.2 Å². The van der Waals surface area contributed by atoms with Gasteiger partial charge in [0.05, 0.1) is 11.0 Å². The number of amidine groups is 1. The number of benzene rings is 1. The Hall–Kier alpha value is -3.64. The molecule has 1 aliphatic heterocycles. The third-order valence-corrected chi connectivity index (χ3v) is 6.36. The molecule has 0 radical (unpaired) electrons. The second kappa shape index (κ2) is 13.2. The maximum Gasteiger partial charge on any atom is 0.430 e. The van der Waals surface area contributed by atoms with E-state index in [1.54, 1.807) is 29.2 Å². The second-order valence-corrected chi connectivity index (χ2v) is 10.1. The van der Waals surface area contributed by atoms with Crippen LogP contribution in [0.15, 0.2) is 24.3 Å². The smallest absolute Gasteiger partial charge is 0.430 e. The minimum absolute atomic E-state index is 0.0267. The van der Waals surface area contributed by atoms with Gasteiger partial charge < -0.3 is 25.2 Å². The Morgan fingerprint density at radius 3 is 1.92 bits per heavy atom. The lowest BCUT2D eigenvalue weighted by atomic mass is 9.76. The first-order valence-electron chi connectivity index (χ1n) is 12.0. The average Bonchev–Trinajstić information content (AvgIpc) is 2.81. The Kier molecular flexibility index (Phi) is 11.3. The SMILES string of the molecule is CC(C)C(NC(=O)c1ccc(C(N)=[NH2+])cc1)C(C)(C)C(=O)N1CCC(CC(=O)O)CC1.O=C([O-])C(F)(F)F. The van der Waals surface area contributed by atoms with E-state index < -0.39 is 23.5 Å². The standard InChI is InChI=1S/C23H34N4O4.C2HF3O2/c1-14(2)19(26-21(30)17-7-5-16(6-8-17)20(24)25)23(3,4)22(31)27-11-9-15(10-12-27)13-18(28)29;3-2(4,5)1(6)7/h5-8,14-15,19H,9-13H2,1-4H3,(H3,24,25)(H,26,30)(H,28,29);(H,6,7). The van der Waals surface area contributed by atoms with Crippen LogP contribution in [0.25, 0.3) is 0 Å². The lowest BCUT2D eigenvalue weighted by Crippen LogP contribution is -2.56. The van der Waals surface area contributed by atoms with E-state index >= 15 is 0 Å². The molecular formula is C25H35F3N4O6. The van der Waals surface area contributed by atoms with Crippen LogP contribution in [-0.2, 0) is 14.4 Å². The molecule has 1 aliphatic rings. The fraction of sp³-hybridized carbons (Fsp3) is 0.560. The molecule has 1 heterocycles. The molecule has 0 bridgehead atoms. The molecule has 1 unspecified atom stereocenters. The number of nitrogens with two attached hydrogens (primary N) is 2. The molecular weight excluding hydrogens is 509 g/mol. The molecule has 2 rings (SSSR count). The topological polar surface area (TPSA) is 178 Å². The predicted octanol–water partition coefficient (Wildman–Crippen LogP) is -0.0565. The fourth-order valence-corrected chi connectivity index (χ4v) is 4.35. The van der Waals surface area contributed by atoms with Crippen LogP contribution in [0.4, 0.5) is 13.2 Å². The van der Waals surface area contributed by atoms with E-state index in [2.05, 4.69) is 5.32 Å². The highest BCUT2D eigenvalue weighted by Gasteiger charge is 2.42. The summed E-state index contributed by atoms with van der Waals surface area (Å²) in [7, 11) is 0. The molecule has 1 aromatic rings. The molecule has 0 saturated carbocycles.